The van der Waals surface area contributed by atoms with Crippen molar-refractivity contribution in [3.05, 3.63) is 0 Å². The molecule has 0 aliphatic rings. The molecule has 1 N–H and O–H groups in total. The predicted molar refractivity (Wildman–Crippen MR) is 79.4 cm³/mol. The van der Waals surface area contributed by atoms with E-state index < -0.39 is 0 Å². The maximum atomic E-state index is 3.85. The molecule has 0 aliphatic carbocycles. The number of nitrogens with one attached hydrogen (secondary N) is 1. The first-order valence-electron chi connectivity index (χ1n) is 7.59. The molecular formula is C16H35N. The van der Waals surface area contributed by atoms with Crippen molar-refractivity contribution in [1.82, 2.24) is 5.32 Å². The average Bonchev–Trinajstić information content (AvgIpc) is 2.21. The molecule has 0 unspecified atom stereocenters. The maximum absolute atomic E-state index is 3.85. The van der Waals surface area contributed by atoms with Gasteiger partial charge in [-0.1, -0.05) is 48.5 Å². The molecule has 0 radical (unpaired) electrons. The van der Waals surface area contributed by atoms with Crippen LogP contribution in [0.4, 0.5) is 0 Å². The molecule has 104 valence electrons. The molecule has 0 aromatic heterocycles. The number of hydrogen-bond acceptors (Lipinski definition) is 1. The summed E-state index contributed by atoms with van der Waals surface area (Å²) >= 11 is 0. The smallest absolute Gasteiger partial charge is 0.0181 e. The van der Waals surface area contributed by atoms with Crippen LogP contribution in [0.3, 0.4) is 0 Å². The molecule has 1 heteroatoms. The van der Waals surface area contributed by atoms with E-state index in [0.717, 1.165) is 11.8 Å². The van der Waals surface area contributed by atoms with Crippen molar-refractivity contribution in [1.29, 1.82) is 0 Å². The van der Waals surface area contributed by atoms with Gasteiger partial charge in [-0.3, -0.25) is 0 Å². The Hall–Kier alpha value is -0.0400. The Bertz CT molecular complexity index is 170. The van der Waals surface area contributed by atoms with Gasteiger partial charge >= 0.3 is 0 Å². The van der Waals surface area contributed by atoms with Crippen LogP contribution in [-0.2, 0) is 0 Å². The minimum atomic E-state index is 0.378. The van der Waals surface area contributed by atoms with Crippen LogP contribution in [0.15, 0.2) is 0 Å². The lowest BCUT2D eigenvalue weighted by atomic mass is 9.81. The molecule has 0 aromatic rings. The minimum Gasteiger partial charge on any atom is -0.309 e. The Morgan fingerprint density at radius 3 is 1.47 bits per heavy atom. The first-order valence-corrected chi connectivity index (χ1v) is 7.59. The fourth-order valence-electron chi connectivity index (χ4n) is 2.47. The van der Waals surface area contributed by atoms with E-state index in [2.05, 4.69) is 53.8 Å². The molecule has 0 spiro atoms. The molecule has 0 aromatic carbocycles. The zero-order chi connectivity index (χ0) is 13.5. The summed E-state index contributed by atoms with van der Waals surface area (Å²) in [5.74, 6) is 1.63. The highest BCUT2D eigenvalue weighted by Crippen LogP contribution is 2.28. The van der Waals surface area contributed by atoms with Crippen LogP contribution in [0.2, 0.25) is 0 Å². The van der Waals surface area contributed by atoms with E-state index in [1.54, 1.807) is 0 Å². The monoisotopic (exact) mass is 241 g/mol. The third-order valence-corrected chi connectivity index (χ3v) is 3.67. The molecular weight excluding hydrogens is 206 g/mol. The lowest BCUT2D eigenvalue weighted by Gasteiger charge is -2.37. The molecule has 0 bridgehead atoms. The summed E-state index contributed by atoms with van der Waals surface area (Å²) in [7, 11) is 0. The van der Waals surface area contributed by atoms with E-state index in [-0.39, 0.29) is 0 Å². The van der Waals surface area contributed by atoms with Crippen molar-refractivity contribution in [2.24, 2.45) is 11.8 Å². The predicted octanol–water partition coefficient (Wildman–Crippen LogP) is 5.01. The summed E-state index contributed by atoms with van der Waals surface area (Å²) in [6.07, 6.45) is 6.58. The van der Waals surface area contributed by atoms with Gasteiger partial charge in [0.2, 0.25) is 0 Å². The lowest BCUT2D eigenvalue weighted by molar-refractivity contribution is 0.221. The Kier molecular flexibility index (Phi) is 8.11. The van der Waals surface area contributed by atoms with Crippen molar-refractivity contribution in [3.63, 3.8) is 0 Å². The maximum Gasteiger partial charge on any atom is 0.0181 e. The Morgan fingerprint density at radius 2 is 1.24 bits per heavy atom. The Morgan fingerprint density at radius 1 is 0.824 bits per heavy atom. The van der Waals surface area contributed by atoms with Crippen LogP contribution in [0.1, 0.15) is 80.6 Å². The number of hydrogen-bond donors (Lipinski definition) is 1. The molecule has 0 saturated heterocycles. The normalized spacial score (nSPS) is 13.1. The highest BCUT2D eigenvalue weighted by molar-refractivity contribution is 4.88. The zero-order valence-corrected chi connectivity index (χ0v) is 13.3. The topological polar surface area (TPSA) is 12.0 Å². The Balaban J connectivity index is 4.50. The molecule has 0 heterocycles. The van der Waals surface area contributed by atoms with Crippen molar-refractivity contribution < 1.29 is 0 Å². The van der Waals surface area contributed by atoms with E-state index in [1.165, 1.54) is 32.1 Å². The molecule has 0 fully saturated rings. The summed E-state index contributed by atoms with van der Waals surface area (Å²) < 4.78 is 0. The summed E-state index contributed by atoms with van der Waals surface area (Å²) in [4.78, 5) is 0. The average molecular weight is 241 g/mol. The fraction of sp³-hybridized carbons (Fsp3) is 1.00. The second-order valence-electron chi connectivity index (χ2n) is 6.80. The molecule has 0 saturated carbocycles. The van der Waals surface area contributed by atoms with Gasteiger partial charge in [-0.15, -0.1) is 0 Å². The van der Waals surface area contributed by atoms with E-state index in [4.69, 9.17) is 0 Å². The summed E-state index contributed by atoms with van der Waals surface area (Å²) in [6, 6.07) is 0.592. The van der Waals surface area contributed by atoms with Crippen molar-refractivity contribution >= 4 is 0 Å². The number of rotatable bonds is 9. The van der Waals surface area contributed by atoms with Gasteiger partial charge < -0.3 is 5.32 Å². The quantitative estimate of drug-likeness (QED) is 0.598. The standard InChI is InChI=1S/C16H35N/c1-8-16(17-15(6)7,11-9-13(2)3)12-10-14(4)5/h13-15,17H,8-12H2,1-7H3. The highest BCUT2D eigenvalue weighted by atomic mass is 15.0. The molecule has 0 amide bonds. The van der Waals surface area contributed by atoms with Gasteiger partial charge in [-0.25, -0.2) is 0 Å². The first-order chi connectivity index (χ1) is 7.81. The van der Waals surface area contributed by atoms with Gasteiger partial charge in [0.05, 0.1) is 0 Å². The Labute approximate surface area is 110 Å². The third-order valence-electron chi connectivity index (χ3n) is 3.67. The molecule has 0 atom stereocenters. The second-order valence-corrected chi connectivity index (χ2v) is 6.80. The van der Waals surface area contributed by atoms with Gasteiger partial charge in [0, 0.05) is 11.6 Å². The van der Waals surface area contributed by atoms with E-state index in [0.29, 0.717) is 11.6 Å². The van der Waals surface area contributed by atoms with Crippen LogP contribution in [0.5, 0.6) is 0 Å². The summed E-state index contributed by atoms with van der Waals surface area (Å²) in [6.45, 7) is 16.2. The fourth-order valence-corrected chi connectivity index (χ4v) is 2.47. The SMILES string of the molecule is CCC(CCC(C)C)(CCC(C)C)NC(C)C. The third kappa shape index (κ3) is 7.81. The van der Waals surface area contributed by atoms with Gasteiger partial charge in [0.25, 0.3) is 0 Å². The molecule has 0 aliphatic heterocycles. The minimum absolute atomic E-state index is 0.378. The summed E-state index contributed by atoms with van der Waals surface area (Å²) in [5, 5.41) is 3.85. The van der Waals surface area contributed by atoms with Gasteiger partial charge in [-0.2, -0.15) is 0 Å². The van der Waals surface area contributed by atoms with Gasteiger partial charge in [0.15, 0.2) is 0 Å². The van der Waals surface area contributed by atoms with Gasteiger partial charge in [0.1, 0.15) is 0 Å². The molecule has 0 rings (SSSR count). The highest BCUT2D eigenvalue weighted by Gasteiger charge is 2.28. The van der Waals surface area contributed by atoms with E-state index in [1.807, 2.05) is 0 Å². The first kappa shape index (κ1) is 17.0. The molecule has 1 nitrogen and oxygen atoms in total. The molecule has 17 heavy (non-hydrogen) atoms. The largest absolute Gasteiger partial charge is 0.309 e. The van der Waals surface area contributed by atoms with E-state index in [9.17, 15) is 0 Å². The van der Waals surface area contributed by atoms with Crippen LogP contribution in [-0.4, -0.2) is 11.6 Å². The lowest BCUT2D eigenvalue weighted by Crippen LogP contribution is -2.48. The van der Waals surface area contributed by atoms with Crippen LogP contribution >= 0.6 is 0 Å². The van der Waals surface area contributed by atoms with Crippen LogP contribution in [0, 0.1) is 11.8 Å². The zero-order valence-electron chi connectivity index (χ0n) is 13.3. The van der Waals surface area contributed by atoms with Crippen molar-refractivity contribution in [2.75, 3.05) is 0 Å². The van der Waals surface area contributed by atoms with Crippen molar-refractivity contribution in [3.8, 4) is 0 Å². The van der Waals surface area contributed by atoms with E-state index >= 15 is 0 Å². The van der Waals surface area contributed by atoms with Crippen LogP contribution < -0.4 is 5.32 Å². The van der Waals surface area contributed by atoms with Gasteiger partial charge in [-0.05, 0) is 43.9 Å². The van der Waals surface area contributed by atoms with Crippen LogP contribution in [0.25, 0.3) is 0 Å². The van der Waals surface area contributed by atoms with Crippen molar-refractivity contribution in [2.45, 2.75) is 92.2 Å². The summed E-state index contributed by atoms with van der Waals surface area (Å²) in [5.41, 5.74) is 0.378. The second kappa shape index (κ2) is 8.13.